The highest BCUT2D eigenvalue weighted by atomic mass is 32.3. The van der Waals surface area contributed by atoms with Crippen LogP contribution in [0.2, 0.25) is 0 Å². The van der Waals surface area contributed by atoms with Gasteiger partial charge in [-0.15, -0.1) is 11.8 Å². The zero-order valence-corrected chi connectivity index (χ0v) is 24.3. The highest BCUT2D eigenvalue weighted by molar-refractivity contribution is 7.99. The molecule has 1 fully saturated rings. The molecule has 0 unspecified atom stereocenters. The standard InChI is InChI=1S/C25H34BFN2O8S2/c1-24(2)25(3,4)37-26(36-24)21-9-8-18(27)14-22(21)38-11-7-6-10-35-20-13-17(12-19(15-20)29(32)33)16-39(5,34)28-23(30)31/h8-9,12-15,39H,6-7,10-11,16H2,1-5H3,(H,28,34)(H,30,31). The minimum atomic E-state index is -3.19. The molecule has 1 aliphatic rings. The first-order chi connectivity index (χ1) is 18.1. The molecule has 14 heteroatoms. The molecule has 0 spiro atoms. The molecule has 0 bridgehead atoms. The summed E-state index contributed by atoms with van der Waals surface area (Å²) in [7, 11) is -3.79. The molecule has 214 valence electrons. The van der Waals surface area contributed by atoms with Crippen molar-refractivity contribution in [3.05, 3.63) is 57.9 Å². The quantitative estimate of drug-likeness (QED) is 0.0798. The number of hydrogen-bond acceptors (Lipinski definition) is 7. The molecule has 0 atom stereocenters. The number of carboxylic acid groups (broad SMARTS) is 1. The molecular weight excluding hydrogens is 550 g/mol. The first-order valence-corrected chi connectivity index (χ1v) is 15.6. The summed E-state index contributed by atoms with van der Waals surface area (Å²) in [4.78, 5) is 22.4. The second-order valence-corrected chi connectivity index (χ2v) is 14.2. The molecule has 2 aromatic carbocycles. The van der Waals surface area contributed by atoms with Gasteiger partial charge in [0.2, 0.25) is 0 Å². The normalized spacial score (nSPS) is 16.6. The van der Waals surface area contributed by atoms with Gasteiger partial charge in [0.05, 0.1) is 28.8 Å². The number of amides is 1. The number of carbonyl (C=O) groups is 1. The number of non-ortho nitro benzene ring substituents is 1. The lowest BCUT2D eigenvalue weighted by atomic mass is 9.79. The second-order valence-electron chi connectivity index (χ2n) is 10.4. The lowest BCUT2D eigenvalue weighted by Crippen LogP contribution is -2.41. The number of benzene rings is 2. The SMILES string of the molecule is CC1(C)OB(c2ccc(F)cc2SCCCCOc2cc(C[SH](C)(O)=NC(=O)O)cc([N+](=O)[O-])c2)OC1(C)C. The summed E-state index contributed by atoms with van der Waals surface area (Å²) in [5, 5.41) is 20.2. The number of rotatable bonds is 11. The Morgan fingerprint density at radius 2 is 1.85 bits per heavy atom. The van der Waals surface area contributed by atoms with E-state index in [1.54, 1.807) is 6.07 Å². The van der Waals surface area contributed by atoms with Gasteiger partial charge in [-0.25, -0.2) is 9.18 Å². The summed E-state index contributed by atoms with van der Waals surface area (Å²) >= 11 is 1.49. The maximum Gasteiger partial charge on any atom is 0.495 e. The molecule has 0 aromatic heterocycles. The average molecular weight is 584 g/mol. The molecule has 1 amide bonds. The average Bonchev–Trinajstić information content (AvgIpc) is 3.01. The fourth-order valence-electron chi connectivity index (χ4n) is 3.86. The molecular formula is C25H34BFN2O8S2. The van der Waals surface area contributed by atoms with Crippen LogP contribution in [-0.2, 0) is 25.2 Å². The fraction of sp³-hybridized carbons (Fsp3) is 0.480. The minimum Gasteiger partial charge on any atom is -0.493 e. The number of nitro benzene ring substituents is 1. The Labute approximate surface area is 232 Å². The van der Waals surface area contributed by atoms with E-state index in [-0.39, 0.29) is 29.6 Å². The smallest absolute Gasteiger partial charge is 0.493 e. The third-order valence-electron chi connectivity index (χ3n) is 6.49. The fourth-order valence-corrected chi connectivity index (χ4v) is 6.27. The van der Waals surface area contributed by atoms with E-state index in [1.165, 1.54) is 48.3 Å². The van der Waals surface area contributed by atoms with Gasteiger partial charge < -0.3 is 23.7 Å². The number of thioether (sulfide) groups is 1. The van der Waals surface area contributed by atoms with Crippen LogP contribution in [0.1, 0.15) is 46.1 Å². The van der Waals surface area contributed by atoms with Crippen LogP contribution in [-0.4, -0.2) is 57.6 Å². The lowest BCUT2D eigenvalue weighted by Gasteiger charge is -2.32. The van der Waals surface area contributed by atoms with Crippen LogP contribution < -0.4 is 10.2 Å². The predicted molar refractivity (Wildman–Crippen MR) is 152 cm³/mol. The van der Waals surface area contributed by atoms with Crippen molar-refractivity contribution < 1.29 is 37.8 Å². The molecule has 2 aromatic rings. The van der Waals surface area contributed by atoms with Gasteiger partial charge in [-0.2, -0.15) is 4.36 Å². The number of nitro groups is 1. The summed E-state index contributed by atoms with van der Waals surface area (Å²) in [6.45, 7) is 8.12. The van der Waals surface area contributed by atoms with E-state index < -0.39 is 39.4 Å². The maximum atomic E-state index is 14.0. The van der Waals surface area contributed by atoms with Crippen LogP contribution in [0.3, 0.4) is 0 Å². The van der Waals surface area contributed by atoms with Crippen LogP contribution in [0.15, 0.2) is 45.7 Å². The topological polar surface area (TPSA) is 141 Å². The summed E-state index contributed by atoms with van der Waals surface area (Å²) in [6.07, 6.45) is 1.18. The zero-order valence-electron chi connectivity index (χ0n) is 22.5. The van der Waals surface area contributed by atoms with E-state index in [1.807, 2.05) is 27.7 Å². The maximum absolute atomic E-state index is 14.0. The van der Waals surface area contributed by atoms with Gasteiger partial charge in [0.25, 0.3) is 5.69 Å². The van der Waals surface area contributed by atoms with Gasteiger partial charge in [-0.3, -0.25) is 10.1 Å². The van der Waals surface area contributed by atoms with E-state index in [2.05, 4.69) is 4.36 Å². The minimum absolute atomic E-state index is 0.132. The number of thiol groups is 1. The first-order valence-electron chi connectivity index (χ1n) is 12.3. The van der Waals surface area contributed by atoms with Crippen molar-refractivity contribution in [3.8, 4) is 5.75 Å². The Balaban J connectivity index is 1.58. The Hall–Kier alpha value is -2.52. The second kappa shape index (κ2) is 12.3. The Kier molecular flexibility index (Phi) is 9.81. The van der Waals surface area contributed by atoms with E-state index >= 15 is 0 Å². The molecule has 1 aliphatic heterocycles. The number of unbranched alkanes of at least 4 members (excludes halogenated alkanes) is 1. The van der Waals surface area contributed by atoms with Gasteiger partial charge in [0.1, 0.15) is 11.6 Å². The summed E-state index contributed by atoms with van der Waals surface area (Å²) in [5.41, 5.74) is -0.122. The van der Waals surface area contributed by atoms with Gasteiger partial charge in [0, 0.05) is 16.7 Å². The molecule has 0 aliphatic carbocycles. The van der Waals surface area contributed by atoms with Crippen molar-refractivity contribution >= 4 is 46.2 Å². The van der Waals surface area contributed by atoms with E-state index in [4.69, 9.17) is 19.2 Å². The van der Waals surface area contributed by atoms with Crippen molar-refractivity contribution in [2.45, 2.75) is 62.4 Å². The monoisotopic (exact) mass is 584 g/mol. The van der Waals surface area contributed by atoms with Crippen LogP contribution >= 0.6 is 11.8 Å². The Bertz CT molecular complexity index is 1270. The number of hydrogen-bond donors (Lipinski definition) is 3. The third kappa shape index (κ3) is 8.48. The number of nitrogens with zero attached hydrogens (tertiary/aromatic N) is 2. The molecule has 3 rings (SSSR count). The van der Waals surface area contributed by atoms with Crippen molar-refractivity contribution in [1.82, 2.24) is 0 Å². The zero-order chi connectivity index (χ0) is 29.0. The van der Waals surface area contributed by atoms with Crippen molar-refractivity contribution in [1.29, 1.82) is 0 Å². The molecule has 39 heavy (non-hydrogen) atoms. The summed E-state index contributed by atoms with van der Waals surface area (Å²) < 4.78 is 45.6. The number of ether oxygens (including phenoxy) is 1. The van der Waals surface area contributed by atoms with Crippen molar-refractivity contribution in [2.75, 3.05) is 18.6 Å². The van der Waals surface area contributed by atoms with Crippen molar-refractivity contribution in [3.63, 3.8) is 0 Å². The van der Waals surface area contributed by atoms with E-state index in [0.29, 0.717) is 17.7 Å². The Morgan fingerprint density at radius 1 is 1.18 bits per heavy atom. The molecule has 10 nitrogen and oxygen atoms in total. The predicted octanol–water partition coefficient (Wildman–Crippen LogP) is 5.34. The van der Waals surface area contributed by atoms with Gasteiger partial charge in [-0.05, 0) is 81.8 Å². The van der Waals surface area contributed by atoms with E-state index in [0.717, 1.165) is 16.8 Å². The molecule has 1 heterocycles. The van der Waals surface area contributed by atoms with Crippen molar-refractivity contribution in [2.24, 2.45) is 4.36 Å². The first kappa shape index (κ1) is 31.0. The molecule has 0 radical (unpaired) electrons. The van der Waals surface area contributed by atoms with E-state index in [9.17, 15) is 23.9 Å². The largest absolute Gasteiger partial charge is 0.495 e. The van der Waals surface area contributed by atoms with Gasteiger partial charge in [0.15, 0.2) is 0 Å². The lowest BCUT2D eigenvalue weighted by molar-refractivity contribution is -0.385. The van der Waals surface area contributed by atoms with Crippen LogP contribution in [0, 0.1) is 15.9 Å². The summed E-state index contributed by atoms with van der Waals surface area (Å²) in [6, 6.07) is 8.64. The van der Waals surface area contributed by atoms with Crippen LogP contribution in [0.25, 0.3) is 0 Å². The van der Waals surface area contributed by atoms with Crippen LogP contribution in [0.5, 0.6) is 5.75 Å². The molecule has 0 saturated carbocycles. The Morgan fingerprint density at radius 3 is 2.46 bits per heavy atom. The molecule has 1 saturated heterocycles. The van der Waals surface area contributed by atoms with Crippen LogP contribution in [0.4, 0.5) is 14.9 Å². The highest BCUT2D eigenvalue weighted by Gasteiger charge is 2.52. The third-order valence-corrected chi connectivity index (χ3v) is 9.22. The number of halogens is 1. The highest BCUT2D eigenvalue weighted by Crippen LogP contribution is 2.37. The summed E-state index contributed by atoms with van der Waals surface area (Å²) in [5.74, 6) is 0.437. The van der Waals surface area contributed by atoms with Gasteiger partial charge in [-0.1, -0.05) is 16.2 Å². The van der Waals surface area contributed by atoms with Gasteiger partial charge >= 0.3 is 13.2 Å². The molecule has 2 N–H and O–H groups in total.